The molecule has 0 aromatic heterocycles. The highest BCUT2D eigenvalue weighted by Crippen LogP contribution is 2.41. The Bertz CT molecular complexity index is 2060. The van der Waals surface area contributed by atoms with Gasteiger partial charge in [0.25, 0.3) is 0 Å². The zero-order chi connectivity index (χ0) is 43.3. The number of amides is 6. The number of anilines is 1. The maximum atomic E-state index is 14.7. The molecule has 18 heteroatoms. The molecule has 6 bridgehead atoms. The molecule has 0 saturated carbocycles. The molecular formula is C41H51N7O11. The van der Waals surface area contributed by atoms with Crippen LogP contribution in [0.25, 0.3) is 0 Å². The van der Waals surface area contributed by atoms with Crippen LogP contribution in [0.15, 0.2) is 60.7 Å². The summed E-state index contributed by atoms with van der Waals surface area (Å²) < 4.78 is 16.8. The third kappa shape index (κ3) is 9.84. The average molecular weight is 818 g/mol. The van der Waals surface area contributed by atoms with Crippen molar-refractivity contribution in [2.45, 2.75) is 76.3 Å². The van der Waals surface area contributed by atoms with Crippen LogP contribution in [0.2, 0.25) is 0 Å². The first-order chi connectivity index (χ1) is 27.9. The molecule has 0 aliphatic carbocycles. The number of hydrogen-bond acceptors (Lipinski definition) is 12. The third-order valence-corrected chi connectivity index (χ3v) is 10.7. The summed E-state index contributed by atoms with van der Waals surface area (Å²) in [7, 11) is 7.06. The van der Waals surface area contributed by atoms with Gasteiger partial charge in [0, 0.05) is 40.4 Å². The van der Waals surface area contributed by atoms with Gasteiger partial charge in [-0.15, -0.1) is 5.23 Å². The van der Waals surface area contributed by atoms with Crippen LogP contribution in [0.5, 0.6) is 23.0 Å². The maximum Gasteiger partial charge on any atom is 0.246 e. The SMILES string of the molecule is COc1ccc(CC2C(=O)NC(C)C(=O)N(C)C3Cc4ccc(cc4)Oc4cc(cc(N(O)O)c4OC)CC(C(=O)NC(C)C(=O)NC(C)C(=O)N2C)N(C)C3=O)cc1. The number of nitrogens with one attached hydrogen (secondary N) is 3. The molecule has 3 aromatic carbocycles. The highest BCUT2D eigenvalue weighted by molar-refractivity contribution is 5.98. The summed E-state index contributed by atoms with van der Waals surface area (Å²) in [4.78, 5) is 88.3. The second kappa shape index (κ2) is 18.5. The number of nitrogens with zero attached hydrogens (tertiary/aromatic N) is 4. The first kappa shape index (κ1) is 43.7. The smallest absolute Gasteiger partial charge is 0.246 e. The summed E-state index contributed by atoms with van der Waals surface area (Å²) in [6.45, 7) is 4.32. The van der Waals surface area contributed by atoms with Crippen molar-refractivity contribution in [2.24, 2.45) is 0 Å². The fourth-order valence-corrected chi connectivity index (χ4v) is 7.10. The molecule has 6 rings (SSSR count). The molecule has 3 heterocycles. The largest absolute Gasteiger partial charge is 0.497 e. The van der Waals surface area contributed by atoms with E-state index in [2.05, 4.69) is 16.0 Å². The highest BCUT2D eigenvalue weighted by Gasteiger charge is 2.39. The Morgan fingerprint density at radius 3 is 1.81 bits per heavy atom. The molecule has 1 fully saturated rings. The molecule has 6 unspecified atom stereocenters. The number of rotatable bonds is 5. The van der Waals surface area contributed by atoms with E-state index in [4.69, 9.17) is 14.2 Å². The zero-order valence-electron chi connectivity index (χ0n) is 34.2. The first-order valence-corrected chi connectivity index (χ1v) is 18.9. The Hall–Kier alpha value is -6.40. The quantitative estimate of drug-likeness (QED) is 0.231. The van der Waals surface area contributed by atoms with Crippen molar-refractivity contribution >= 4 is 41.1 Å². The molecule has 3 aliphatic heterocycles. The Labute approximate surface area is 341 Å². The van der Waals surface area contributed by atoms with Crippen LogP contribution >= 0.6 is 0 Å². The minimum absolute atomic E-state index is 0.0164. The molecule has 1 saturated heterocycles. The molecule has 18 nitrogen and oxygen atoms in total. The highest BCUT2D eigenvalue weighted by atomic mass is 16.8. The first-order valence-electron chi connectivity index (χ1n) is 18.9. The summed E-state index contributed by atoms with van der Waals surface area (Å²) in [5.74, 6) is -3.10. The Morgan fingerprint density at radius 1 is 0.661 bits per heavy atom. The van der Waals surface area contributed by atoms with Crippen molar-refractivity contribution in [3.8, 4) is 23.0 Å². The Kier molecular flexibility index (Phi) is 13.7. The van der Waals surface area contributed by atoms with E-state index in [9.17, 15) is 39.2 Å². The number of ether oxygens (including phenoxy) is 3. The lowest BCUT2D eigenvalue weighted by Gasteiger charge is -2.37. The molecule has 5 N–H and O–H groups in total. The number of methoxy groups -OCH3 is 2. The second-order valence-electron chi connectivity index (χ2n) is 14.7. The van der Waals surface area contributed by atoms with Crippen molar-refractivity contribution in [1.82, 2.24) is 30.7 Å². The maximum absolute atomic E-state index is 14.7. The van der Waals surface area contributed by atoms with E-state index in [1.165, 1.54) is 78.1 Å². The number of likely N-dealkylation sites (N-methyl/N-ethyl adjacent to an activating group) is 3. The monoisotopic (exact) mass is 817 g/mol. The number of carbonyl (C=O) groups excluding carboxylic acids is 6. The van der Waals surface area contributed by atoms with E-state index in [0.717, 1.165) is 4.90 Å². The van der Waals surface area contributed by atoms with E-state index >= 15 is 0 Å². The van der Waals surface area contributed by atoms with Gasteiger partial charge in [0.15, 0.2) is 11.5 Å². The average Bonchev–Trinajstić information content (AvgIpc) is 3.21. The number of benzene rings is 3. The number of fused-ring (bicyclic) bond motifs is 2. The minimum atomic E-state index is -1.35. The molecule has 6 atom stereocenters. The fraction of sp³-hybridized carbons (Fsp3) is 0.415. The van der Waals surface area contributed by atoms with Crippen molar-refractivity contribution in [1.29, 1.82) is 0 Å². The predicted molar refractivity (Wildman–Crippen MR) is 212 cm³/mol. The van der Waals surface area contributed by atoms with Gasteiger partial charge in [0.1, 0.15) is 53.4 Å². The van der Waals surface area contributed by atoms with Crippen LogP contribution in [-0.4, -0.2) is 132 Å². The molecule has 3 aliphatic rings. The van der Waals surface area contributed by atoms with Crippen LogP contribution in [-0.2, 0) is 48.0 Å². The topological polar surface area (TPSA) is 220 Å². The van der Waals surface area contributed by atoms with Crippen molar-refractivity contribution in [3.63, 3.8) is 0 Å². The van der Waals surface area contributed by atoms with Gasteiger partial charge >= 0.3 is 0 Å². The van der Waals surface area contributed by atoms with Gasteiger partial charge in [-0.2, -0.15) is 0 Å². The van der Waals surface area contributed by atoms with Crippen LogP contribution in [0.4, 0.5) is 5.69 Å². The second-order valence-corrected chi connectivity index (χ2v) is 14.7. The van der Waals surface area contributed by atoms with Crippen LogP contribution in [0, 0.1) is 0 Å². The molecule has 59 heavy (non-hydrogen) atoms. The predicted octanol–water partition coefficient (Wildman–Crippen LogP) is 1.43. The lowest BCUT2D eigenvalue weighted by atomic mass is 9.98. The van der Waals surface area contributed by atoms with Gasteiger partial charge in [-0.1, -0.05) is 24.3 Å². The fourth-order valence-electron chi connectivity index (χ4n) is 7.10. The molecule has 0 radical (unpaired) electrons. The van der Waals surface area contributed by atoms with Crippen LogP contribution in [0.1, 0.15) is 37.5 Å². The lowest BCUT2D eigenvalue weighted by Crippen LogP contribution is -2.61. The van der Waals surface area contributed by atoms with Crippen LogP contribution in [0.3, 0.4) is 0 Å². The minimum Gasteiger partial charge on any atom is -0.497 e. The van der Waals surface area contributed by atoms with Gasteiger partial charge < -0.3 is 44.9 Å². The van der Waals surface area contributed by atoms with E-state index < -0.39 is 71.7 Å². The molecule has 6 amide bonds. The molecular weight excluding hydrogens is 766 g/mol. The van der Waals surface area contributed by atoms with E-state index in [1.807, 2.05) is 0 Å². The summed E-state index contributed by atoms with van der Waals surface area (Å²) in [6, 6.07) is 9.11. The zero-order valence-corrected chi connectivity index (χ0v) is 34.2. The van der Waals surface area contributed by atoms with Crippen molar-refractivity contribution < 1.29 is 53.4 Å². The summed E-state index contributed by atoms with van der Waals surface area (Å²) in [6.07, 6.45) is -0.217. The summed E-state index contributed by atoms with van der Waals surface area (Å²) >= 11 is 0. The van der Waals surface area contributed by atoms with Crippen molar-refractivity contribution in [2.75, 3.05) is 40.6 Å². The Morgan fingerprint density at radius 2 is 1.22 bits per heavy atom. The van der Waals surface area contributed by atoms with Crippen LogP contribution < -0.4 is 35.4 Å². The van der Waals surface area contributed by atoms with Crippen molar-refractivity contribution in [3.05, 3.63) is 77.4 Å². The standard InChI is InChI=1S/C41H51N7O11/c1-22-36(49)43-23(2)39(52)45(4)31(17-25-9-13-28(57-7)14-10-25)38(51)44-24(3)40(53)47(6)33-18-26-11-15-29(16-12-26)59-34-21-27(19-30(48(55)56)35(34)58-8)20-32(37(50)42-22)46(5)41(33)54/h9-16,19,21-24,31-33,55-56H,17-18,20H2,1-8H3,(H,42,50)(H,43,49)(H,44,51). The molecule has 316 valence electrons. The van der Waals surface area contributed by atoms with E-state index in [1.54, 1.807) is 48.5 Å². The number of hydrogen-bond donors (Lipinski definition) is 5. The lowest BCUT2D eigenvalue weighted by molar-refractivity contribution is -0.149. The van der Waals surface area contributed by atoms with Gasteiger partial charge in [0.05, 0.1) is 14.2 Å². The van der Waals surface area contributed by atoms with E-state index in [-0.39, 0.29) is 41.7 Å². The van der Waals surface area contributed by atoms with Gasteiger partial charge in [-0.25, -0.2) is 0 Å². The summed E-state index contributed by atoms with van der Waals surface area (Å²) in [5, 5.41) is 28.2. The van der Waals surface area contributed by atoms with Gasteiger partial charge in [0.2, 0.25) is 35.4 Å². The van der Waals surface area contributed by atoms with Gasteiger partial charge in [-0.05, 0) is 73.9 Å². The third-order valence-electron chi connectivity index (χ3n) is 10.7. The normalized spacial score (nSPS) is 23.7. The van der Waals surface area contributed by atoms with Gasteiger partial charge in [-0.3, -0.25) is 39.2 Å². The Balaban J connectivity index is 1.61. The molecule has 0 spiro atoms. The van der Waals surface area contributed by atoms with E-state index in [0.29, 0.717) is 28.2 Å². The number of carbonyl (C=O) groups is 6. The summed E-state index contributed by atoms with van der Waals surface area (Å²) in [5.41, 5.74) is 1.35. The molecule has 3 aromatic rings.